The topological polar surface area (TPSA) is 70.2 Å². The summed E-state index contributed by atoms with van der Waals surface area (Å²) in [5.74, 6) is 0.964. The molecule has 2 aliphatic rings. The number of benzene rings is 2. The number of fused-ring (bicyclic) bond motifs is 2. The van der Waals surface area contributed by atoms with Crippen molar-refractivity contribution in [1.29, 1.82) is 0 Å². The number of nitrogens with zero attached hydrogens (tertiary/aromatic N) is 2. The Labute approximate surface area is 186 Å². The molecular formula is C24H25ClN4O2. The number of nitrogens with one attached hydrogen (secondary N) is 2. The average molecular weight is 437 g/mol. The first-order chi connectivity index (χ1) is 15.0. The molecule has 2 N–H and O–H groups in total. The molecular weight excluding hydrogens is 412 g/mol. The number of ether oxygens (including phenoxy) is 1. The lowest BCUT2D eigenvalue weighted by Crippen LogP contribution is -2.47. The Kier molecular flexibility index (Phi) is 5.20. The van der Waals surface area contributed by atoms with Crippen LogP contribution in [0.4, 0.5) is 5.69 Å². The lowest BCUT2D eigenvalue weighted by Gasteiger charge is -2.37. The van der Waals surface area contributed by atoms with Gasteiger partial charge in [0.25, 0.3) is 0 Å². The van der Waals surface area contributed by atoms with Crippen LogP contribution < -0.4 is 10.1 Å². The summed E-state index contributed by atoms with van der Waals surface area (Å²) in [4.78, 5) is 15.1. The molecule has 7 heteroatoms. The third-order valence-corrected chi connectivity index (χ3v) is 6.80. The molecule has 1 saturated heterocycles. The van der Waals surface area contributed by atoms with E-state index in [9.17, 15) is 4.79 Å². The molecule has 5 rings (SSSR count). The lowest BCUT2D eigenvalue weighted by atomic mass is 9.73. The minimum Gasteiger partial charge on any atom is -0.492 e. The molecule has 3 aromatic rings. The van der Waals surface area contributed by atoms with Crippen LogP contribution in [0.5, 0.6) is 5.75 Å². The molecule has 31 heavy (non-hydrogen) atoms. The van der Waals surface area contributed by atoms with Crippen molar-refractivity contribution in [2.75, 3.05) is 31.6 Å². The van der Waals surface area contributed by atoms with Crippen LogP contribution in [0.1, 0.15) is 24.1 Å². The number of halogens is 1. The van der Waals surface area contributed by atoms with Gasteiger partial charge in [-0.2, -0.15) is 5.10 Å². The average Bonchev–Trinajstić information content (AvgIpc) is 3.32. The van der Waals surface area contributed by atoms with Crippen LogP contribution in [0.3, 0.4) is 0 Å². The second-order valence-corrected chi connectivity index (χ2v) is 8.76. The standard InChI is InChI=1S/C24H25ClN4O2/c1-16-20(15-26-28-16)17-2-5-19(6-3-17)31-13-12-29-10-8-24(9-11-29)21-14-18(25)4-7-22(21)27-23(24)30/h2-7,14-15H,8-13H2,1H3,(H,26,28)(H,27,30). The number of carbonyl (C=O) groups excluding carboxylic acids is 1. The quantitative estimate of drug-likeness (QED) is 0.621. The van der Waals surface area contributed by atoms with Crippen molar-refractivity contribution in [1.82, 2.24) is 15.1 Å². The normalized spacial score (nSPS) is 17.5. The fraction of sp³-hybridized carbons (Fsp3) is 0.333. The summed E-state index contributed by atoms with van der Waals surface area (Å²) in [6.45, 7) is 5.17. The monoisotopic (exact) mass is 436 g/mol. The molecule has 0 bridgehead atoms. The van der Waals surface area contributed by atoms with Crippen LogP contribution in [-0.2, 0) is 10.2 Å². The Morgan fingerprint density at radius 3 is 2.65 bits per heavy atom. The van der Waals surface area contributed by atoms with E-state index < -0.39 is 5.41 Å². The number of aromatic nitrogens is 2. The molecule has 1 spiro atoms. The van der Waals surface area contributed by atoms with Crippen LogP contribution in [-0.4, -0.2) is 47.2 Å². The number of rotatable bonds is 5. The molecule has 0 radical (unpaired) electrons. The summed E-state index contributed by atoms with van der Waals surface area (Å²) in [6.07, 6.45) is 3.50. The number of aromatic amines is 1. The Balaban J connectivity index is 1.15. The zero-order valence-corrected chi connectivity index (χ0v) is 18.2. The van der Waals surface area contributed by atoms with Gasteiger partial charge in [0.1, 0.15) is 12.4 Å². The molecule has 0 unspecified atom stereocenters. The third-order valence-electron chi connectivity index (χ3n) is 6.56. The van der Waals surface area contributed by atoms with Crippen molar-refractivity contribution < 1.29 is 9.53 Å². The van der Waals surface area contributed by atoms with Crippen LogP contribution in [0.2, 0.25) is 5.02 Å². The molecule has 160 valence electrons. The number of hydrogen-bond acceptors (Lipinski definition) is 4. The van der Waals surface area contributed by atoms with Crippen molar-refractivity contribution in [3.05, 3.63) is 64.9 Å². The molecule has 0 aliphatic carbocycles. The molecule has 1 fully saturated rings. The summed E-state index contributed by atoms with van der Waals surface area (Å²) in [6, 6.07) is 13.8. The first-order valence-electron chi connectivity index (χ1n) is 10.6. The number of aryl methyl sites for hydroxylation is 1. The smallest absolute Gasteiger partial charge is 0.235 e. The fourth-order valence-electron chi connectivity index (χ4n) is 4.71. The number of anilines is 1. The minimum absolute atomic E-state index is 0.105. The van der Waals surface area contributed by atoms with Gasteiger partial charge in [0.05, 0.1) is 11.1 Å². The van der Waals surface area contributed by atoms with Crippen molar-refractivity contribution in [3.8, 4) is 16.9 Å². The maximum Gasteiger partial charge on any atom is 0.235 e. The number of carbonyl (C=O) groups is 1. The van der Waals surface area contributed by atoms with Crippen LogP contribution in [0.25, 0.3) is 11.1 Å². The summed E-state index contributed by atoms with van der Waals surface area (Å²) >= 11 is 6.20. The van der Waals surface area contributed by atoms with Gasteiger partial charge in [0.15, 0.2) is 0 Å². The van der Waals surface area contributed by atoms with E-state index >= 15 is 0 Å². The second-order valence-electron chi connectivity index (χ2n) is 8.32. The first kappa shape index (κ1) is 20.1. The van der Waals surface area contributed by atoms with Gasteiger partial charge in [-0.05, 0) is 74.3 Å². The van der Waals surface area contributed by atoms with E-state index in [0.717, 1.165) is 66.3 Å². The highest BCUT2D eigenvalue weighted by Crippen LogP contribution is 2.45. The first-order valence-corrected chi connectivity index (χ1v) is 11.0. The molecule has 3 heterocycles. The Bertz CT molecular complexity index is 1100. The third kappa shape index (κ3) is 3.70. The SMILES string of the molecule is Cc1n[nH]cc1-c1ccc(OCCN2CCC3(CC2)C(=O)Nc2ccc(Cl)cc23)cc1. The number of piperidine rings is 1. The lowest BCUT2D eigenvalue weighted by molar-refractivity contribution is -0.122. The van der Waals surface area contributed by atoms with Crippen molar-refractivity contribution in [3.63, 3.8) is 0 Å². The molecule has 2 aliphatic heterocycles. The van der Waals surface area contributed by atoms with Crippen molar-refractivity contribution in [2.24, 2.45) is 0 Å². The van der Waals surface area contributed by atoms with E-state index in [2.05, 4.69) is 32.5 Å². The Hall–Kier alpha value is -2.83. The van der Waals surface area contributed by atoms with Gasteiger partial charge in [-0.25, -0.2) is 0 Å². The van der Waals surface area contributed by atoms with Gasteiger partial charge >= 0.3 is 0 Å². The van der Waals surface area contributed by atoms with E-state index in [-0.39, 0.29) is 5.91 Å². The molecule has 1 aromatic heterocycles. The number of likely N-dealkylation sites (tertiary alicyclic amines) is 1. The summed E-state index contributed by atoms with van der Waals surface area (Å²) in [5, 5.41) is 10.8. The predicted octanol–water partition coefficient (Wildman–Crippen LogP) is 4.40. The van der Waals surface area contributed by atoms with E-state index in [1.165, 1.54) is 0 Å². The van der Waals surface area contributed by atoms with E-state index in [0.29, 0.717) is 11.6 Å². The summed E-state index contributed by atoms with van der Waals surface area (Å²) in [5.41, 5.74) is 4.72. The number of amides is 1. The van der Waals surface area contributed by atoms with Crippen LogP contribution in [0, 0.1) is 6.92 Å². The zero-order valence-electron chi connectivity index (χ0n) is 17.5. The van der Waals surface area contributed by atoms with Gasteiger partial charge in [-0.1, -0.05) is 23.7 Å². The Morgan fingerprint density at radius 1 is 1.16 bits per heavy atom. The Morgan fingerprint density at radius 2 is 1.94 bits per heavy atom. The van der Waals surface area contributed by atoms with Gasteiger partial charge in [-0.15, -0.1) is 0 Å². The molecule has 1 amide bonds. The van der Waals surface area contributed by atoms with Crippen molar-refractivity contribution in [2.45, 2.75) is 25.2 Å². The highest BCUT2D eigenvalue weighted by atomic mass is 35.5. The maximum absolute atomic E-state index is 12.8. The fourth-order valence-corrected chi connectivity index (χ4v) is 4.89. The highest BCUT2D eigenvalue weighted by Gasteiger charge is 2.48. The summed E-state index contributed by atoms with van der Waals surface area (Å²) < 4.78 is 5.96. The van der Waals surface area contributed by atoms with Crippen LogP contribution in [0.15, 0.2) is 48.7 Å². The molecule has 0 atom stereocenters. The minimum atomic E-state index is -0.446. The predicted molar refractivity (Wildman–Crippen MR) is 122 cm³/mol. The van der Waals surface area contributed by atoms with E-state index in [1.807, 2.05) is 43.5 Å². The number of hydrogen-bond donors (Lipinski definition) is 2. The second kappa shape index (κ2) is 8.02. The highest BCUT2D eigenvalue weighted by molar-refractivity contribution is 6.31. The van der Waals surface area contributed by atoms with Gasteiger partial charge < -0.3 is 10.1 Å². The van der Waals surface area contributed by atoms with E-state index in [4.69, 9.17) is 16.3 Å². The molecule has 0 saturated carbocycles. The zero-order chi connectivity index (χ0) is 21.4. The number of H-pyrrole nitrogens is 1. The van der Waals surface area contributed by atoms with E-state index in [1.54, 1.807) is 0 Å². The summed E-state index contributed by atoms with van der Waals surface area (Å²) in [7, 11) is 0. The largest absolute Gasteiger partial charge is 0.492 e. The van der Waals surface area contributed by atoms with Gasteiger partial charge in [0.2, 0.25) is 5.91 Å². The van der Waals surface area contributed by atoms with Crippen LogP contribution >= 0.6 is 11.6 Å². The maximum atomic E-state index is 12.8. The molecule has 2 aromatic carbocycles. The molecule has 6 nitrogen and oxygen atoms in total. The van der Waals surface area contributed by atoms with Crippen molar-refractivity contribution >= 4 is 23.2 Å². The van der Waals surface area contributed by atoms with Gasteiger partial charge in [-0.3, -0.25) is 14.8 Å². The van der Waals surface area contributed by atoms with Gasteiger partial charge in [0, 0.05) is 29.0 Å².